The molecule has 0 saturated heterocycles. The van der Waals surface area contributed by atoms with E-state index in [2.05, 4.69) is 0 Å². The quantitative estimate of drug-likeness (QED) is 0.810. The Bertz CT molecular complexity index is 437. The van der Waals surface area contributed by atoms with Gasteiger partial charge in [0.25, 0.3) is 0 Å². The van der Waals surface area contributed by atoms with Crippen molar-refractivity contribution < 1.29 is 8.60 Å². The Labute approximate surface area is 97.6 Å². The molecule has 1 atom stereocenters. The second-order valence-electron chi connectivity index (χ2n) is 4.04. The zero-order chi connectivity index (χ0) is 12.1. The van der Waals surface area contributed by atoms with E-state index in [4.69, 9.17) is 5.26 Å². The van der Waals surface area contributed by atoms with Gasteiger partial charge in [0.1, 0.15) is 11.9 Å². The lowest BCUT2D eigenvalue weighted by Gasteiger charge is -2.06. The average molecular weight is 239 g/mol. The molecule has 0 bridgehead atoms. The molecule has 16 heavy (non-hydrogen) atoms. The van der Waals surface area contributed by atoms with Crippen LogP contribution in [0.1, 0.15) is 25.0 Å². The number of halogens is 1. The number of rotatable bonds is 4. The van der Waals surface area contributed by atoms with Gasteiger partial charge in [-0.05, 0) is 12.0 Å². The van der Waals surface area contributed by atoms with Crippen LogP contribution in [0, 0.1) is 23.1 Å². The molecule has 0 saturated carbocycles. The molecule has 2 nitrogen and oxygen atoms in total. The van der Waals surface area contributed by atoms with E-state index in [0.717, 1.165) is 0 Å². The van der Waals surface area contributed by atoms with Gasteiger partial charge < -0.3 is 0 Å². The maximum absolute atomic E-state index is 13.6. The standard InChI is InChI=1S/C12H14FNOS/c1-9(2)7-16(15)8-11-5-3-4-10(6-14)12(11)13/h3-5,9H,7-8H2,1-2H3. The van der Waals surface area contributed by atoms with Crippen molar-refractivity contribution >= 4 is 10.8 Å². The van der Waals surface area contributed by atoms with Crippen LogP contribution in [0.15, 0.2) is 18.2 Å². The molecule has 0 heterocycles. The molecule has 1 aromatic carbocycles. The Morgan fingerprint density at radius 2 is 2.19 bits per heavy atom. The Hall–Kier alpha value is -1.21. The van der Waals surface area contributed by atoms with Crippen LogP contribution >= 0.6 is 0 Å². The average Bonchev–Trinajstić information content (AvgIpc) is 2.20. The van der Waals surface area contributed by atoms with Gasteiger partial charge in [-0.1, -0.05) is 26.0 Å². The van der Waals surface area contributed by atoms with Crippen LogP contribution in [0.25, 0.3) is 0 Å². The van der Waals surface area contributed by atoms with Crippen LogP contribution in [-0.2, 0) is 16.6 Å². The lowest BCUT2D eigenvalue weighted by atomic mass is 10.1. The molecule has 0 spiro atoms. The molecule has 1 unspecified atom stereocenters. The van der Waals surface area contributed by atoms with E-state index in [-0.39, 0.29) is 11.3 Å². The van der Waals surface area contributed by atoms with Gasteiger partial charge in [0.2, 0.25) is 0 Å². The molecule has 1 rings (SSSR count). The fraction of sp³-hybridized carbons (Fsp3) is 0.417. The van der Waals surface area contributed by atoms with Crippen molar-refractivity contribution in [3.63, 3.8) is 0 Å². The lowest BCUT2D eigenvalue weighted by molar-refractivity contribution is 0.610. The monoisotopic (exact) mass is 239 g/mol. The van der Waals surface area contributed by atoms with E-state index in [0.29, 0.717) is 17.2 Å². The minimum absolute atomic E-state index is 0.0130. The molecule has 4 heteroatoms. The molecule has 1 aromatic rings. The number of nitriles is 1. The zero-order valence-electron chi connectivity index (χ0n) is 9.37. The molecule has 86 valence electrons. The van der Waals surface area contributed by atoms with Gasteiger partial charge in [0.05, 0.1) is 11.3 Å². The molecular weight excluding hydrogens is 225 g/mol. The molecule has 0 radical (unpaired) electrons. The summed E-state index contributed by atoms with van der Waals surface area (Å²) in [5.41, 5.74) is 0.372. The van der Waals surface area contributed by atoms with Crippen LogP contribution in [0.2, 0.25) is 0 Å². The SMILES string of the molecule is CC(C)CS(=O)Cc1cccc(C#N)c1F. The summed E-state index contributed by atoms with van der Waals surface area (Å²) >= 11 is 0. The molecule has 0 aliphatic heterocycles. The van der Waals surface area contributed by atoms with Gasteiger partial charge in [0, 0.05) is 22.1 Å². The summed E-state index contributed by atoms with van der Waals surface area (Å²) in [6, 6.07) is 6.39. The van der Waals surface area contributed by atoms with Gasteiger partial charge >= 0.3 is 0 Å². The Kier molecular flexibility index (Phi) is 4.63. The fourth-order valence-corrected chi connectivity index (χ4v) is 2.81. The second kappa shape index (κ2) is 5.76. The van der Waals surface area contributed by atoms with Crippen molar-refractivity contribution in [1.29, 1.82) is 5.26 Å². The first-order valence-electron chi connectivity index (χ1n) is 5.07. The van der Waals surface area contributed by atoms with Gasteiger partial charge in [-0.2, -0.15) is 5.26 Å². The van der Waals surface area contributed by atoms with Crippen molar-refractivity contribution in [3.05, 3.63) is 35.1 Å². The maximum atomic E-state index is 13.6. The number of hydrogen-bond donors (Lipinski definition) is 0. The highest BCUT2D eigenvalue weighted by Crippen LogP contribution is 2.14. The Morgan fingerprint density at radius 1 is 1.50 bits per heavy atom. The normalized spacial score (nSPS) is 12.4. The molecule has 0 fully saturated rings. The lowest BCUT2D eigenvalue weighted by Crippen LogP contribution is -2.08. The topological polar surface area (TPSA) is 40.9 Å². The third-order valence-corrected chi connectivity index (χ3v) is 3.71. The van der Waals surface area contributed by atoms with Gasteiger partial charge in [-0.25, -0.2) is 4.39 Å². The van der Waals surface area contributed by atoms with Crippen LogP contribution in [-0.4, -0.2) is 9.96 Å². The van der Waals surface area contributed by atoms with E-state index in [1.807, 2.05) is 13.8 Å². The smallest absolute Gasteiger partial charge is 0.145 e. The van der Waals surface area contributed by atoms with E-state index < -0.39 is 16.6 Å². The Balaban J connectivity index is 2.83. The predicted molar refractivity (Wildman–Crippen MR) is 62.7 cm³/mol. The molecule has 0 aliphatic carbocycles. The summed E-state index contributed by atoms with van der Waals surface area (Å²) in [5.74, 6) is 0.514. The summed E-state index contributed by atoms with van der Waals surface area (Å²) in [6.07, 6.45) is 0. The van der Waals surface area contributed by atoms with Crippen LogP contribution < -0.4 is 0 Å². The maximum Gasteiger partial charge on any atom is 0.145 e. The first kappa shape index (κ1) is 12.9. The molecule has 0 aromatic heterocycles. The number of nitrogens with zero attached hydrogens (tertiary/aromatic N) is 1. The van der Waals surface area contributed by atoms with E-state index in [1.165, 1.54) is 6.07 Å². The van der Waals surface area contributed by atoms with Gasteiger partial charge in [-0.3, -0.25) is 4.21 Å². The summed E-state index contributed by atoms with van der Waals surface area (Å²) in [6.45, 7) is 3.94. The van der Waals surface area contributed by atoms with Crippen molar-refractivity contribution in [3.8, 4) is 6.07 Å². The van der Waals surface area contributed by atoms with Crippen LogP contribution in [0.3, 0.4) is 0 Å². The second-order valence-corrected chi connectivity index (χ2v) is 5.54. The van der Waals surface area contributed by atoms with Crippen molar-refractivity contribution in [1.82, 2.24) is 0 Å². The summed E-state index contributed by atoms with van der Waals surface area (Å²) in [7, 11) is -1.07. The molecule has 0 amide bonds. The van der Waals surface area contributed by atoms with Crippen molar-refractivity contribution in [2.24, 2.45) is 5.92 Å². The first-order valence-corrected chi connectivity index (χ1v) is 6.56. The Morgan fingerprint density at radius 3 is 2.75 bits per heavy atom. The predicted octanol–water partition coefficient (Wildman–Crippen LogP) is 2.60. The minimum Gasteiger partial charge on any atom is -0.259 e. The zero-order valence-corrected chi connectivity index (χ0v) is 10.2. The van der Waals surface area contributed by atoms with Crippen LogP contribution in [0.4, 0.5) is 4.39 Å². The van der Waals surface area contributed by atoms with Crippen LogP contribution in [0.5, 0.6) is 0 Å². The van der Waals surface area contributed by atoms with E-state index in [1.54, 1.807) is 18.2 Å². The van der Waals surface area contributed by atoms with E-state index >= 15 is 0 Å². The van der Waals surface area contributed by atoms with E-state index in [9.17, 15) is 8.60 Å². The number of benzene rings is 1. The number of hydrogen-bond acceptors (Lipinski definition) is 2. The van der Waals surface area contributed by atoms with Gasteiger partial charge in [-0.15, -0.1) is 0 Å². The third-order valence-electron chi connectivity index (χ3n) is 2.03. The summed E-state index contributed by atoms with van der Waals surface area (Å²) in [4.78, 5) is 0. The molecule has 0 N–H and O–H groups in total. The molecule has 0 aliphatic rings. The summed E-state index contributed by atoms with van der Waals surface area (Å²) < 4.78 is 25.3. The fourth-order valence-electron chi connectivity index (χ4n) is 1.38. The highest BCUT2D eigenvalue weighted by atomic mass is 32.2. The largest absolute Gasteiger partial charge is 0.259 e. The van der Waals surface area contributed by atoms with Gasteiger partial charge in [0.15, 0.2) is 0 Å². The van der Waals surface area contributed by atoms with Crippen molar-refractivity contribution in [2.45, 2.75) is 19.6 Å². The summed E-state index contributed by atoms with van der Waals surface area (Å²) in [5, 5.41) is 8.66. The minimum atomic E-state index is -1.07. The highest BCUT2D eigenvalue weighted by molar-refractivity contribution is 7.84. The molecular formula is C12H14FNOS. The van der Waals surface area contributed by atoms with Crippen molar-refractivity contribution in [2.75, 3.05) is 5.75 Å². The first-order chi connectivity index (χ1) is 7.54. The third kappa shape index (κ3) is 3.42. The highest BCUT2D eigenvalue weighted by Gasteiger charge is 2.11.